The fourth-order valence-corrected chi connectivity index (χ4v) is 1.20. The monoisotopic (exact) mass is 189 g/mol. The SMILES string of the molecule is CC(N)c1ccc(-n2ncnn2)cc1. The van der Waals surface area contributed by atoms with E-state index in [0.717, 1.165) is 11.3 Å². The topological polar surface area (TPSA) is 69.6 Å². The lowest BCUT2D eigenvalue weighted by Gasteiger charge is -2.05. The second-order valence-electron chi connectivity index (χ2n) is 3.11. The van der Waals surface area contributed by atoms with Crippen LogP contribution in [0.15, 0.2) is 30.6 Å². The molecule has 1 aromatic heterocycles. The number of aromatic nitrogens is 4. The second kappa shape index (κ2) is 3.55. The van der Waals surface area contributed by atoms with Crippen LogP contribution >= 0.6 is 0 Å². The van der Waals surface area contributed by atoms with Crippen molar-refractivity contribution in [1.29, 1.82) is 0 Å². The van der Waals surface area contributed by atoms with Crippen molar-refractivity contribution >= 4 is 0 Å². The van der Waals surface area contributed by atoms with Gasteiger partial charge in [-0.05, 0) is 29.8 Å². The predicted molar refractivity (Wildman–Crippen MR) is 51.8 cm³/mol. The minimum Gasteiger partial charge on any atom is -0.324 e. The highest BCUT2D eigenvalue weighted by molar-refractivity contribution is 5.33. The molecule has 0 amide bonds. The molecule has 0 aliphatic rings. The van der Waals surface area contributed by atoms with E-state index >= 15 is 0 Å². The molecular formula is C9H11N5. The molecular weight excluding hydrogens is 178 g/mol. The normalized spacial score (nSPS) is 12.7. The molecule has 0 bridgehead atoms. The first-order valence-electron chi connectivity index (χ1n) is 4.36. The van der Waals surface area contributed by atoms with Gasteiger partial charge in [-0.2, -0.15) is 0 Å². The van der Waals surface area contributed by atoms with Crippen LogP contribution in [0.25, 0.3) is 5.69 Å². The van der Waals surface area contributed by atoms with E-state index < -0.39 is 0 Å². The molecule has 0 radical (unpaired) electrons. The van der Waals surface area contributed by atoms with Crippen LogP contribution in [0.3, 0.4) is 0 Å². The third kappa shape index (κ3) is 1.62. The van der Waals surface area contributed by atoms with E-state index in [9.17, 15) is 0 Å². The maximum atomic E-state index is 5.73. The Labute approximate surface area is 81.5 Å². The van der Waals surface area contributed by atoms with Crippen LogP contribution < -0.4 is 5.73 Å². The third-order valence-electron chi connectivity index (χ3n) is 2.00. The lowest BCUT2D eigenvalue weighted by atomic mass is 10.1. The summed E-state index contributed by atoms with van der Waals surface area (Å²) in [5.41, 5.74) is 7.70. The van der Waals surface area contributed by atoms with Gasteiger partial charge in [-0.1, -0.05) is 12.1 Å². The van der Waals surface area contributed by atoms with Crippen LogP contribution in [0, 0.1) is 0 Å². The van der Waals surface area contributed by atoms with Crippen molar-refractivity contribution < 1.29 is 0 Å². The van der Waals surface area contributed by atoms with E-state index in [2.05, 4.69) is 15.4 Å². The minimum absolute atomic E-state index is 0.0488. The molecule has 72 valence electrons. The number of benzene rings is 1. The number of hydrogen-bond acceptors (Lipinski definition) is 4. The van der Waals surface area contributed by atoms with Gasteiger partial charge >= 0.3 is 0 Å². The average Bonchev–Trinajstić information content (AvgIpc) is 2.71. The Balaban J connectivity index is 2.31. The number of nitrogens with zero attached hydrogens (tertiary/aromatic N) is 4. The van der Waals surface area contributed by atoms with Crippen molar-refractivity contribution in [2.45, 2.75) is 13.0 Å². The fourth-order valence-electron chi connectivity index (χ4n) is 1.20. The lowest BCUT2D eigenvalue weighted by molar-refractivity contribution is 0.718. The first-order valence-corrected chi connectivity index (χ1v) is 4.36. The number of nitrogens with two attached hydrogens (primary N) is 1. The second-order valence-corrected chi connectivity index (χ2v) is 3.11. The lowest BCUT2D eigenvalue weighted by Crippen LogP contribution is -2.05. The summed E-state index contributed by atoms with van der Waals surface area (Å²) in [7, 11) is 0. The molecule has 5 nitrogen and oxygen atoms in total. The molecule has 2 aromatic rings. The van der Waals surface area contributed by atoms with Crippen molar-refractivity contribution in [1.82, 2.24) is 20.2 Å². The van der Waals surface area contributed by atoms with Gasteiger partial charge in [-0.25, -0.2) is 0 Å². The number of hydrogen-bond donors (Lipinski definition) is 1. The van der Waals surface area contributed by atoms with Gasteiger partial charge in [0, 0.05) is 6.04 Å². The van der Waals surface area contributed by atoms with Gasteiger partial charge in [-0.3, -0.25) is 0 Å². The Morgan fingerprint density at radius 2 is 2.00 bits per heavy atom. The first kappa shape index (κ1) is 8.83. The molecule has 0 aliphatic carbocycles. The fraction of sp³-hybridized carbons (Fsp3) is 0.222. The summed E-state index contributed by atoms with van der Waals surface area (Å²) >= 11 is 0. The number of tetrazole rings is 1. The predicted octanol–water partition coefficient (Wildman–Crippen LogP) is 0.682. The summed E-state index contributed by atoms with van der Waals surface area (Å²) in [6.45, 7) is 1.95. The molecule has 2 rings (SSSR count). The Hall–Kier alpha value is -1.75. The molecule has 0 saturated carbocycles. The zero-order valence-electron chi connectivity index (χ0n) is 7.83. The van der Waals surface area contributed by atoms with E-state index in [1.54, 1.807) is 0 Å². The molecule has 0 fully saturated rings. The van der Waals surface area contributed by atoms with Crippen LogP contribution in [-0.4, -0.2) is 20.2 Å². The molecule has 0 aliphatic heterocycles. The van der Waals surface area contributed by atoms with Crippen molar-refractivity contribution in [3.63, 3.8) is 0 Å². The van der Waals surface area contributed by atoms with Gasteiger partial charge in [0.05, 0.1) is 5.69 Å². The maximum absolute atomic E-state index is 5.73. The highest BCUT2D eigenvalue weighted by Crippen LogP contribution is 2.11. The molecule has 1 atom stereocenters. The van der Waals surface area contributed by atoms with Gasteiger partial charge in [-0.15, -0.1) is 15.0 Å². The van der Waals surface area contributed by atoms with Crippen molar-refractivity contribution in [2.24, 2.45) is 5.73 Å². The minimum atomic E-state index is 0.0488. The smallest absolute Gasteiger partial charge is 0.162 e. The molecule has 0 saturated heterocycles. The van der Waals surface area contributed by atoms with E-state index in [1.807, 2.05) is 31.2 Å². The summed E-state index contributed by atoms with van der Waals surface area (Å²) in [4.78, 5) is 1.46. The summed E-state index contributed by atoms with van der Waals surface area (Å²) in [5, 5.41) is 11.3. The summed E-state index contributed by atoms with van der Waals surface area (Å²) in [6, 6.07) is 7.81. The van der Waals surface area contributed by atoms with Gasteiger partial charge in [0.15, 0.2) is 6.33 Å². The molecule has 1 heterocycles. The summed E-state index contributed by atoms with van der Waals surface area (Å²) < 4.78 is 0. The van der Waals surface area contributed by atoms with Gasteiger partial charge in [0.2, 0.25) is 0 Å². The molecule has 14 heavy (non-hydrogen) atoms. The quantitative estimate of drug-likeness (QED) is 0.754. The van der Waals surface area contributed by atoms with Crippen LogP contribution in [0.4, 0.5) is 0 Å². The highest BCUT2D eigenvalue weighted by Gasteiger charge is 2.01. The van der Waals surface area contributed by atoms with Crippen LogP contribution in [0.5, 0.6) is 0 Å². The first-order chi connectivity index (χ1) is 6.77. The molecule has 0 spiro atoms. The van der Waals surface area contributed by atoms with Gasteiger partial charge in [0.25, 0.3) is 0 Å². The summed E-state index contributed by atoms with van der Waals surface area (Å²) in [5.74, 6) is 0. The number of rotatable bonds is 2. The van der Waals surface area contributed by atoms with E-state index in [-0.39, 0.29) is 6.04 Å². The largest absolute Gasteiger partial charge is 0.324 e. The Bertz CT molecular complexity index is 390. The third-order valence-corrected chi connectivity index (χ3v) is 2.00. The summed E-state index contributed by atoms with van der Waals surface area (Å²) in [6.07, 6.45) is 1.40. The van der Waals surface area contributed by atoms with Gasteiger partial charge in [0.1, 0.15) is 0 Å². The zero-order chi connectivity index (χ0) is 9.97. The van der Waals surface area contributed by atoms with E-state index in [1.165, 1.54) is 11.1 Å². The Morgan fingerprint density at radius 3 is 2.50 bits per heavy atom. The molecule has 1 aromatic carbocycles. The maximum Gasteiger partial charge on any atom is 0.162 e. The zero-order valence-corrected chi connectivity index (χ0v) is 7.83. The van der Waals surface area contributed by atoms with Gasteiger partial charge < -0.3 is 5.73 Å². The highest BCUT2D eigenvalue weighted by atomic mass is 15.6. The molecule has 2 N–H and O–H groups in total. The molecule has 1 unspecified atom stereocenters. The van der Waals surface area contributed by atoms with Crippen LogP contribution in [-0.2, 0) is 0 Å². The Morgan fingerprint density at radius 1 is 1.29 bits per heavy atom. The van der Waals surface area contributed by atoms with E-state index in [4.69, 9.17) is 5.73 Å². The average molecular weight is 189 g/mol. The van der Waals surface area contributed by atoms with Crippen molar-refractivity contribution in [3.8, 4) is 5.69 Å². The molecule has 5 heteroatoms. The van der Waals surface area contributed by atoms with Crippen molar-refractivity contribution in [2.75, 3.05) is 0 Å². The van der Waals surface area contributed by atoms with E-state index in [0.29, 0.717) is 0 Å². The Kier molecular flexibility index (Phi) is 2.24. The van der Waals surface area contributed by atoms with Crippen molar-refractivity contribution in [3.05, 3.63) is 36.2 Å². The van der Waals surface area contributed by atoms with Crippen LogP contribution in [0.1, 0.15) is 18.5 Å². The van der Waals surface area contributed by atoms with Crippen LogP contribution in [0.2, 0.25) is 0 Å². The standard InChI is InChI=1S/C9H11N5/c1-7(10)8-2-4-9(5-3-8)14-12-6-11-13-14/h2-7H,10H2,1H3.